The molecule has 0 fully saturated rings. The molecule has 0 bridgehead atoms. The predicted octanol–water partition coefficient (Wildman–Crippen LogP) is 2.42. The molecule has 1 aromatic heterocycles. The standard InChI is InChI=1S/C15H19N3O/c1-2-9-19-14-7-3-5-12(10-14)15(18-16)13-6-4-8-17-11-13/h3-8,10-11,15,18H,2,9,16H2,1H3. The third-order valence-electron chi connectivity index (χ3n) is 2.85. The maximum absolute atomic E-state index is 5.67. The molecule has 0 saturated carbocycles. The van der Waals surface area contributed by atoms with Crippen LogP contribution in [0.4, 0.5) is 0 Å². The molecule has 4 heteroatoms. The van der Waals surface area contributed by atoms with Crippen molar-refractivity contribution in [2.45, 2.75) is 19.4 Å². The van der Waals surface area contributed by atoms with Crippen molar-refractivity contribution in [3.8, 4) is 5.75 Å². The van der Waals surface area contributed by atoms with Gasteiger partial charge in [-0.2, -0.15) is 0 Å². The molecule has 3 N–H and O–H groups in total. The molecule has 0 spiro atoms. The van der Waals surface area contributed by atoms with E-state index in [-0.39, 0.29) is 6.04 Å². The Balaban J connectivity index is 2.23. The lowest BCUT2D eigenvalue weighted by Gasteiger charge is -2.17. The van der Waals surface area contributed by atoms with Crippen LogP contribution in [0.3, 0.4) is 0 Å². The van der Waals surface area contributed by atoms with E-state index in [9.17, 15) is 0 Å². The molecular formula is C15H19N3O. The Labute approximate surface area is 113 Å². The minimum absolute atomic E-state index is 0.0844. The van der Waals surface area contributed by atoms with Crippen molar-refractivity contribution in [3.63, 3.8) is 0 Å². The van der Waals surface area contributed by atoms with Crippen LogP contribution in [0.1, 0.15) is 30.5 Å². The van der Waals surface area contributed by atoms with Crippen molar-refractivity contribution in [2.75, 3.05) is 6.61 Å². The first-order chi connectivity index (χ1) is 9.35. The van der Waals surface area contributed by atoms with Gasteiger partial charge in [-0.3, -0.25) is 10.8 Å². The van der Waals surface area contributed by atoms with Gasteiger partial charge in [0, 0.05) is 12.4 Å². The summed E-state index contributed by atoms with van der Waals surface area (Å²) in [5.74, 6) is 6.53. The fourth-order valence-electron chi connectivity index (χ4n) is 1.94. The van der Waals surface area contributed by atoms with Gasteiger partial charge in [0.1, 0.15) is 5.75 Å². The maximum atomic E-state index is 5.67. The minimum Gasteiger partial charge on any atom is -0.494 e. The number of hydrogen-bond acceptors (Lipinski definition) is 4. The van der Waals surface area contributed by atoms with Crippen molar-refractivity contribution < 1.29 is 4.74 Å². The van der Waals surface area contributed by atoms with Crippen LogP contribution >= 0.6 is 0 Å². The van der Waals surface area contributed by atoms with Gasteiger partial charge in [0.25, 0.3) is 0 Å². The lowest BCUT2D eigenvalue weighted by Crippen LogP contribution is -2.28. The van der Waals surface area contributed by atoms with Crippen LogP contribution in [0.15, 0.2) is 48.8 Å². The highest BCUT2D eigenvalue weighted by Gasteiger charge is 2.12. The molecule has 0 aliphatic rings. The second kappa shape index (κ2) is 6.87. The van der Waals surface area contributed by atoms with E-state index in [0.29, 0.717) is 0 Å². The van der Waals surface area contributed by atoms with Crippen molar-refractivity contribution >= 4 is 0 Å². The van der Waals surface area contributed by atoms with Gasteiger partial charge in [-0.05, 0) is 35.7 Å². The average Bonchev–Trinajstić information content (AvgIpc) is 2.47. The second-order valence-electron chi connectivity index (χ2n) is 4.31. The fraction of sp³-hybridized carbons (Fsp3) is 0.267. The number of aromatic nitrogens is 1. The van der Waals surface area contributed by atoms with Crippen molar-refractivity contribution in [3.05, 3.63) is 59.9 Å². The first-order valence-corrected chi connectivity index (χ1v) is 6.44. The van der Waals surface area contributed by atoms with Crippen LogP contribution in [0.25, 0.3) is 0 Å². The molecule has 1 atom stereocenters. The van der Waals surface area contributed by atoms with Gasteiger partial charge < -0.3 is 4.74 Å². The summed E-state index contributed by atoms with van der Waals surface area (Å²) >= 11 is 0. The summed E-state index contributed by atoms with van der Waals surface area (Å²) in [4.78, 5) is 4.12. The Kier molecular flexibility index (Phi) is 4.89. The van der Waals surface area contributed by atoms with Gasteiger partial charge >= 0.3 is 0 Å². The Morgan fingerprint density at radius 3 is 2.79 bits per heavy atom. The van der Waals surface area contributed by atoms with Gasteiger partial charge in [-0.25, -0.2) is 5.43 Å². The zero-order chi connectivity index (χ0) is 13.5. The summed E-state index contributed by atoms with van der Waals surface area (Å²) in [6.45, 7) is 2.81. The number of rotatable bonds is 6. The summed E-state index contributed by atoms with van der Waals surface area (Å²) in [7, 11) is 0. The molecule has 0 saturated heterocycles. The third kappa shape index (κ3) is 3.53. The van der Waals surface area contributed by atoms with Crippen LogP contribution < -0.4 is 16.0 Å². The molecule has 0 amide bonds. The van der Waals surface area contributed by atoms with Gasteiger partial charge in [0.2, 0.25) is 0 Å². The van der Waals surface area contributed by atoms with Crippen molar-refractivity contribution in [1.29, 1.82) is 0 Å². The van der Waals surface area contributed by atoms with Crippen LogP contribution in [-0.4, -0.2) is 11.6 Å². The van der Waals surface area contributed by atoms with E-state index in [2.05, 4.69) is 17.3 Å². The van der Waals surface area contributed by atoms with E-state index in [0.717, 1.165) is 29.9 Å². The predicted molar refractivity (Wildman–Crippen MR) is 75.6 cm³/mol. The Morgan fingerprint density at radius 2 is 2.11 bits per heavy atom. The SMILES string of the molecule is CCCOc1cccc(C(NN)c2cccnc2)c1. The fourth-order valence-corrected chi connectivity index (χ4v) is 1.94. The lowest BCUT2D eigenvalue weighted by molar-refractivity contribution is 0.317. The molecule has 2 aromatic rings. The van der Waals surface area contributed by atoms with Gasteiger partial charge in [0.05, 0.1) is 12.6 Å². The van der Waals surface area contributed by atoms with E-state index in [1.54, 1.807) is 6.20 Å². The number of hydrogen-bond donors (Lipinski definition) is 2. The molecule has 0 aliphatic carbocycles. The van der Waals surface area contributed by atoms with Gasteiger partial charge in [-0.15, -0.1) is 0 Å². The summed E-state index contributed by atoms with van der Waals surface area (Å²) in [5, 5.41) is 0. The molecule has 0 radical (unpaired) electrons. The highest BCUT2D eigenvalue weighted by atomic mass is 16.5. The quantitative estimate of drug-likeness (QED) is 0.616. The van der Waals surface area contributed by atoms with Crippen LogP contribution in [0.5, 0.6) is 5.75 Å². The number of nitrogens with one attached hydrogen (secondary N) is 1. The lowest BCUT2D eigenvalue weighted by atomic mass is 10.0. The van der Waals surface area contributed by atoms with Crippen LogP contribution in [0.2, 0.25) is 0 Å². The van der Waals surface area contributed by atoms with E-state index < -0.39 is 0 Å². The van der Waals surface area contributed by atoms with Crippen molar-refractivity contribution in [1.82, 2.24) is 10.4 Å². The monoisotopic (exact) mass is 257 g/mol. The molecule has 4 nitrogen and oxygen atoms in total. The smallest absolute Gasteiger partial charge is 0.119 e. The first kappa shape index (κ1) is 13.5. The zero-order valence-corrected chi connectivity index (χ0v) is 11.0. The molecule has 2 rings (SSSR count). The molecule has 100 valence electrons. The molecule has 0 aliphatic heterocycles. The molecule has 19 heavy (non-hydrogen) atoms. The van der Waals surface area contributed by atoms with E-state index in [4.69, 9.17) is 10.6 Å². The molecule has 1 unspecified atom stereocenters. The van der Waals surface area contributed by atoms with Crippen LogP contribution in [0, 0.1) is 0 Å². The summed E-state index contributed by atoms with van der Waals surface area (Å²) in [6.07, 6.45) is 4.55. The Hall–Kier alpha value is -1.91. The third-order valence-corrected chi connectivity index (χ3v) is 2.85. The number of nitrogens with zero attached hydrogens (tertiary/aromatic N) is 1. The van der Waals surface area contributed by atoms with E-state index in [1.165, 1.54) is 0 Å². The normalized spacial score (nSPS) is 12.1. The maximum Gasteiger partial charge on any atom is 0.119 e. The summed E-state index contributed by atoms with van der Waals surface area (Å²) in [5.41, 5.74) is 4.91. The summed E-state index contributed by atoms with van der Waals surface area (Å²) in [6, 6.07) is 11.8. The van der Waals surface area contributed by atoms with E-state index in [1.807, 2.05) is 42.6 Å². The number of nitrogens with two attached hydrogens (primary N) is 1. The number of pyridine rings is 1. The highest BCUT2D eigenvalue weighted by Crippen LogP contribution is 2.24. The number of ether oxygens (including phenoxy) is 1. The van der Waals surface area contributed by atoms with Crippen LogP contribution in [-0.2, 0) is 0 Å². The first-order valence-electron chi connectivity index (χ1n) is 6.44. The summed E-state index contributed by atoms with van der Waals surface area (Å²) < 4.78 is 5.64. The average molecular weight is 257 g/mol. The van der Waals surface area contributed by atoms with Gasteiger partial charge in [-0.1, -0.05) is 25.1 Å². The van der Waals surface area contributed by atoms with Gasteiger partial charge in [0.15, 0.2) is 0 Å². The Bertz CT molecular complexity index is 502. The van der Waals surface area contributed by atoms with Crippen molar-refractivity contribution in [2.24, 2.45) is 5.84 Å². The largest absolute Gasteiger partial charge is 0.494 e. The minimum atomic E-state index is -0.0844. The molecular weight excluding hydrogens is 238 g/mol. The number of benzene rings is 1. The zero-order valence-electron chi connectivity index (χ0n) is 11.0. The molecule has 1 aromatic carbocycles. The second-order valence-corrected chi connectivity index (χ2v) is 4.31. The van der Waals surface area contributed by atoms with E-state index >= 15 is 0 Å². The number of hydrazine groups is 1. The topological polar surface area (TPSA) is 60.2 Å². The molecule has 1 heterocycles. The highest BCUT2D eigenvalue weighted by molar-refractivity contribution is 5.35. The Morgan fingerprint density at radius 1 is 1.26 bits per heavy atom.